The highest BCUT2D eigenvalue weighted by Gasteiger charge is 2.50. The highest BCUT2D eigenvalue weighted by atomic mass is 16.6. The molecule has 14 unspecified atom stereocenters. The number of fused-ring (bicyclic) bond motifs is 2. The van der Waals surface area contributed by atoms with Crippen molar-refractivity contribution in [1.29, 1.82) is 0 Å². The van der Waals surface area contributed by atoms with E-state index in [-0.39, 0.29) is 39.9 Å². The highest BCUT2D eigenvalue weighted by molar-refractivity contribution is 5.78. The molecule has 4 heterocycles. The van der Waals surface area contributed by atoms with E-state index in [0.717, 1.165) is 6.07 Å². The molecule has 73 heavy (non-hydrogen) atoms. The Labute approximate surface area is 415 Å². The summed E-state index contributed by atoms with van der Waals surface area (Å²) < 4.78 is 24.9. The molecule has 10 rings (SSSR count). The zero-order chi connectivity index (χ0) is 51.7. The zero-order valence-electron chi connectivity index (χ0n) is 38.3. The lowest BCUT2D eigenvalue weighted by Crippen LogP contribution is -2.55. The van der Waals surface area contributed by atoms with E-state index in [1.807, 2.05) is 0 Å². The van der Waals surface area contributed by atoms with Gasteiger partial charge in [-0.25, -0.2) is 0 Å². The number of aliphatic hydroxyl groups is 8. The van der Waals surface area contributed by atoms with Crippen LogP contribution in [0.3, 0.4) is 0 Å². The van der Waals surface area contributed by atoms with Crippen molar-refractivity contribution in [3.05, 3.63) is 159 Å². The summed E-state index contributed by atoms with van der Waals surface area (Å²) in [5.74, 6) is -3.50. The van der Waals surface area contributed by atoms with Crippen molar-refractivity contribution in [2.45, 2.75) is 85.1 Å². The van der Waals surface area contributed by atoms with Gasteiger partial charge in [-0.05, 0) is 100 Å². The van der Waals surface area contributed by atoms with Gasteiger partial charge in [-0.1, -0.05) is 42.5 Å². The van der Waals surface area contributed by atoms with E-state index >= 15 is 0 Å². The van der Waals surface area contributed by atoms with Gasteiger partial charge < -0.3 is 95.5 Å². The van der Waals surface area contributed by atoms with Crippen molar-refractivity contribution in [2.24, 2.45) is 0 Å². The monoisotopic (exact) mass is 1000 g/mol. The number of phenols is 7. The van der Waals surface area contributed by atoms with Crippen LogP contribution >= 0.6 is 0 Å². The second kappa shape index (κ2) is 19.4. The van der Waals surface area contributed by atoms with Crippen LogP contribution in [-0.2, 0) is 9.47 Å². The third kappa shape index (κ3) is 8.78. The molecular weight excluding hydrogens is 953 g/mol. The number of ether oxygens (including phenoxy) is 4. The van der Waals surface area contributed by atoms with Gasteiger partial charge in [0, 0.05) is 17.2 Å². The molecule has 14 atom stereocenters. The quantitative estimate of drug-likeness (QED) is 0.0875. The van der Waals surface area contributed by atoms with Gasteiger partial charge in [0.25, 0.3) is 0 Å². The molecule has 0 aromatic heterocycles. The minimum atomic E-state index is -1.84. The summed E-state index contributed by atoms with van der Waals surface area (Å²) in [7, 11) is 0. The average molecular weight is 1000 g/mol. The molecule has 2 fully saturated rings. The van der Waals surface area contributed by atoms with Crippen LogP contribution in [0.15, 0.2) is 103 Å². The van der Waals surface area contributed by atoms with Crippen molar-refractivity contribution in [3.63, 3.8) is 0 Å². The summed E-state index contributed by atoms with van der Waals surface area (Å²) in [6.45, 7) is -1.50. The molecule has 0 bridgehead atoms. The van der Waals surface area contributed by atoms with Crippen molar-refractivity contribution < 1.29 is 95.5 Å². The molecule has 19 heteroatoms. The lowest BCUT2D eigenvalue weighted by atomic mass is 9.80. The molecule has 382 valence electrons. The first kappa shape index (κ1) is 49.4. The second-order valence-electron chi connectivity index (χ2n) is 18.7. The second-order valence-corrected chi connectivity index (χ2v) is 18.7. The number of aromatic hydroxyl groups is 7. The molecule has 2 saturated heterocycles. The van der Waals surface area contributed by atoms with Crippen molar-refractivity contribution in [1.82, 2.24) is 0 Å². The van der Waals surface area contributed by atoms with Gasteiger partial charge in [0.1, 0.15) is 125 Å². The predicted molar refractivity (Wildman–Crippen MR) is 255 cm³/mol. The Hall–Kier alpha value is -7.14. The Balaban J connectivity index is 1.10. The summed E-state index contributed by atoms with van der Waals surface area (Å²) in [6, 6.07) is 25.6. The Morgan fingerprint density at radius 1 is 0.397 bits per heavy atom. The lowest BCUT2D eigenvalue weighted by Gasteiger charge is -2.40. The lowest BCUT2D eigenvalue weighted by molar-refractivity contribution is -0.232. The van der Waals surface area contributed by atoms with Crippen LogP contribution in [0.4, 0.5) is 0 Å². The average Bonchev–Trinajstić information content (AvgIpc) is 3.95. The maximum Gasteiger partial charge on any atom is 0.135 e. The molecule has 15 N–H and O–H groups in total. The molecule has 0 aliphatic carbocycles. The maximum absolute atomic E-state index is 12.0. The molecule has 4 aliphatic heterocycles. The minimum Gasteiger partial charge on any atom is -0.508 e. The molecular formula is C54H52O19. The van der Waals surface area contributed by atoms with Gasteiger partial charge in [-0.15, -0.1) is 0 Å². The van der Waals surface area contributed by atoms with Crippen LogP contribution in [0.1, 0.15) is 91.9 Å². The molecule has 19 nitrogen and oxygen atoms in total. The van der Waals surface area contributed by atoms with Crippen molar-refractivity contribution >= 4 is 12.2 Å². The van der Waals surface area contributed by atoms with E-state index in [0.29, 0.717) is 50.3 Å². The summed E-state index contributed by atoms with van der Waals surface area (Å²) in [5, 5.41) is 162. The fraction of sp³-hybridized carbons (Fsp3) is 0.296. The van der Waals surface area contributed by atoms with E-state index in [1.54, 1.807) is 54.6 Å². The molecule has 0 saturated carbocycles. The summed E-state index contributed by atoms with van der Waals surface area (Å²) in [5.41, 5.74) is 3.12. The van der Waals surface area contributed by atoms with Gasteiger partial charge in [-0.3, -0.25) is 0 Å². The third-order valence-electron chi connectivity index (χ3n) is 14.2. The summed E-state index contributed by atoms with van der Waals surface area (Å²) in [4.78, 5) is 0. The standard InChI is InChI=1S/C54H52O19/c55-20-37-44(64)46(66)48(68)53(71-37)42-33(61)17-27(18-34(42)62)39-32-13-22(2-12-36(32)70-50(39)23-4-8-28(57)9-5-23)1-3-25-16-35(63)43(54-49(69)47(67)45(65)38(21-56)72-54)52-40(25)41(26-14-30(59)19-31(60)15-26)51(73-52)24-6-10-29(58)11-7-24/h1-19,37-39,41,44-51,53-69H,20-21H2. The normalized spacial score (nSPS) is 29.6. The number of hydrogen-bond donors (Lipinski definition) is 15. The van der Waals surface area contributed by atoms with Gasteiger partial charge in [-0.2, -0.15) is 0 Å². The first-order valence-corrected chi connectivity index (χ1v) is 23.3. The minimum absolute atomic E-state index is 0.0101. The predicted octanol–water partition coefficient (Wildman–Crippen LogP) is 3.36. The fourth-order valence-corrected chi connectivity index (χ4v) is 10.6. The van der Waals surface area contributed by atoms with Gasteiger partial charge in [0.2, 0.25) is 0 Å². The molecule has 0 amide bonds. The van der Waals surface area contributed by atoms with E-state index in [2.05, 4.69) is 0 Å². The Morgan fingerprint density at radius 2 is 0.890 bits per heavy atom. The SMILES string of the molecule is OCC1OC(c2c(O)cc(C3c4cc(C=Cc5cc(O)c(C6OC(CO)C(O)C(O)C6O)c6c5C(c5cc(O)cc(O)c5)C(c5ccc(O)cc5)O6)ccc4OC3c3ccc(O)cc3)cc2O)C(O)C(O)C1O. The van der Waals surface area contributed by atoms with Gasteiger partial charge >= 0.3 is 0 Å². The highest BCUT2D eigenvalue weighted by Crippen LogP contribution is 2.58. The van der Waals surface area contributed by atoms with Crippen molar-refractivity contribution in [3.8, 4) is 51.7 Å². The molecule has 6 aromatic carbocycles. The van der Waals surface area contributed by atoms with Crippen LogP contribution in [0.5, 0.6) is 51.7 Å². The summed E-state index contributed by atoms with van der Waals surface area (Å²) >= 11 is 0. The van der Waals surface area contributed by atoms with Crippen LogP contribution in [0.2, 0.25) is 0 Å². The number of benzene rings is 6. The zero-order valence-corrected chi connectivity index (χ0v) is 38.3. The van der Waals surface area contributed by atoms with E-state index in [4.69, 9.17) is 18.9 Å². The van der Waals surface area contributed by atoms with Gasteiger partial charge in [0.05, 0.1) is 36.2 Å². The Morgan fingerprint density at radius 3 is 1.42 bits per heavy atom. The fourth-order valence-electron chi connectivity index (χ4n) is 10.6. The van der Waals surface area contributed by atoms with Crippen LogP contribution in [-0.4, -0.2) is 139 Å². The van der Waals surface area contributed by atoms with Crippen LogP contribution in [0, 0.1) is 0 Å². The topological polar surface area (TPSA) is 340 Å². The van der Waals surface area contributed by atoms with E-state index in [1.165, 1.54) is 54.6 Å². The molecule has 0 spiro atoms. The van der Waals surface area contributed by atoms with E-state index < -0.39 is 116 Å². The van der Waals surface area contributed by atoms with E-state index in [9.17, 15) is 76.6 Å². The molecule has 0 radical (unpaired) electrons. The maximum atomic E-state index is 12.0. The largest absolute Gasteiger partial charge is 0.508 e. The summed E-state index contributed by atoms with van der Waals surface area (Å²) in [6.07, 6.45) is -14.9. The molecule has 6 aromatic rings. The Kier molecular flexibility index (Phi) is 13.1. The van der Waals surface area contributed by atoms with Crippen molar-refractivity contribution in [2.75, 3.05) is 13.2 Å². The van der Waals surface area contributed by atoms with Crippen LogP contribution in [0.25, 0.3) is 12.2 Å². The molecule has 4 aliphatic rings. The number of hydrogen-bond acceptors (Lipinski definition) is 19. The number of rotatable bonds is 10. The number of aliphatic hydroxyl groups excluding tert-OH is 8. The van der Waals surface area contributed by atoms with Crippen LogP contribution < -0.4 is 9.47 Å². The third-order valence-corrected chi connectivity index (χ3v) is 14.2. The Bertz CT molecular complexity index is 3000. The van der Waals surface area contributed by atoms with Gasteiger partial charge in [0.15, 0.2) is 0 Å². The smallest absolute Gasteiger partial charge is 0.135 e. The first-order chi connectivity index (χ1) is 35.0. The first-order valence-electron chi connectivity index (χ1n) is 23.3. The number of phenolic OH excluding ortho intramolecular Hbond substituents is 7.